The van der Waals surface area contributed by atoms with Crippen molar-refractivity contribution in [1.82, 2.24) is 0 Å². The molecule has 0 radical (unpaired) electrons. The standard InChI is InChI=1S/C16H24N2O2S/c1-15(2)11-8-9-16(3,10-11)14(15)18-12-4-6-13(7-5-12)21(17,19)20/h4-7,11,14,18H,8-10H2,1-3H3,(H2,17,19,20). The van der Waals surface area contributed by atoms with Crippen LogP contribution in [-0.2, 0) is 10.0 Å². The molecule has 21 heavy (non-hydrogen) atoms. The minimum absolute atomic E-state index is 0.159. The van der Waals surface area contributed by atoms with Gasteiger partial charge < -0.3 is 5.32 Å². The highest BCUT2D eigenvalue weighted by Crippen LogP contribution is 2.63. The van der Waals surface area contributed by atoms with Gasteiger partial charge in [0.2, 0.25) is 10.0 Å². The number of primary sulfonamides is 1. The number of fused-ring (bicyclic) bond motifs is 2. The Morgan fingerprint density at radius 3 is 2.29 bits per heavy atom. The Bertz CT molecular complexity index is 647. The second-order valence-corrected chi connectivity index (χ2v) is 9.12. The number of anilines is 1. The summed E-state index contributed by atoms with van der Waals surface area (Å²) in [5.74, 6) is 0.781. The van der Waals surface area contributed by atoms with E-state index in [-0.39, 0.29) is 10.3 Å². The molecule has 4 nitrogen and oxygen atoms in total. The van der Waals surface area contributed by atoms with Gasteiger partial charge in [0.15, 0.2) is 0 Å². The van der Waals surface area contributed by atoms with Crippen LogP contribution in [0.25, 0.3) is 0 Å². The van der Waals surface area contributed by atoms with E-state index in [1.54, 1.807) is 12.1 Å². The minimum Gasteiger partial charge on any atom is -0.381 e. The fraction of sp³-hybridized carbons (Fsp3) is 0.625. The lowest BCUT2D eigenvalue weighted by molar-refractivity contribution is 0.155. The van der Waals surface area contributed by atoms with E-state index >= 15 is 0 Å². The molecule has 5 heteroatoms. The highest BCUT2D eigenvalue weighted by molar-refractivity contribution is 7.89. The van der Waals surface area contributed by atoms with Gasteiger partial charge in [0, 0.05) is 11.7 Å². The largest absolute Gasteiger partial charge is 0.381 e. The van der Waals surface area contributed by atoms with E-state index in [2.05, 4.69) is 26.1 Å². The number of hydrogen-bond acceptors (Lipinski definition) is 3. The lowest BCUT2D eigenvalue weighted by Crippen LogP contribution is -2.45. The molecule has 0 aliphatic heterocycles. The Morgan fingerprint density at radius 1 is 1.19 bits per heavy atom. The predicted molar refractivity (Wildman–Crippen MR) is 84.5 cm³/mol. The summed E-state index contributed by atoms with van der Waals surface area (Å²) in [5.41, 5.74) is 1.58. The zero-order valence-corrected chi connectivity index (χ0v) is 13.7. The van der Waals surface area contributed by atoms with Gasteiger partial charge >= 0.3 is 0 Å². The first-order chi connectivity index (χ1) is 9.63. The molecule has 2 fully saturated rings. The molecule has 1 aromatic rings. The van der Waals surface area contributed by atoms with Crippen LogP contribution in [0.5, 0.6) is 0 Å². The summed E-state index contributed by atoms with van der Waals surface area (Å²) in [4.78, 5) is 0.159. The average molecular weight is 308 g/mol. The fourth-order valence-corrected chi connectivity index (χ4v) is 5.09. The van der Waals surface area contributed by atoms with E-state index < -0.39 is 10.0 Å². The molecule has 0 aromatic heterocycles. The molecule has 3 N–H and O–H groups in total. The van der Waals surface area contributed by atoms with Crippen LogP contribution in [-0.4, -0.2) is 14.5 Å². The van der Waals surface area contributed by atoms with E-state index in [9.17, 15) is 8.42 Å². The van der Waals surface area contributed by atoms with Crippen LogP contribution in [0.1, 0.15) is 40.0 Å². The summed E-state index contributed by atoms with van der Waals surface area (Å²) < 4.78 is 22.6. The van der Waals surface area contributed by atoms with E-state index in [0.29, 0.717) is 11.5 Å². The van der Waals surface area contributed by atoms with Crippen LogP contribution in [0.4, 0.5) is 5.69 Å². The predicted octanol–water partition coefficient (Wildman–Crippen LogP) is 2.96. The number of nitrogens with one attached hydrogen (secondary N) is 1. The first kappa shape index (κ1) is 14.9. The quantitative estimate of drug-likeness (QED) is 0.901. The first-order valence-corrected chi connectivity index (χ1v) is 9.07. The van der Waals surface area contributed by atoms with Crippen LogP contribution in [0, 0.1) is 16.7 Å². The highest BCUT2D eigenvalue weighted by Gasteiger charge is 2.59. The van der Waals surface area contributed by atoms with E-state index in [1.807, 2.05) is 12.1 Å². The van der Waals surface area contributed by atoms with Gasteiger partial charge in [-0.3, -0.25) is 0 Å². The minimum atomic E-state index is -3.62. The second kappa shape index (κ2) is 4.46. The van der Waals surface area contributed by atoms with Crippen molar-refractivity contribution in [3.8, 4) is 0 Å². The van der Waals surface area contributed by atoms with Crippen molar-refractivity contribution in [2.75, 3.05) is 5.32 Å². The summed E-state index contributed by atoms with van der Waals surface area (Å²) in [5, 5.41) is 8.78. The van der Waals surface area contributed by atoms with E-state index in [0.717, 1.165) is 11.6 Å². The molecule has 0 saturated heterocycles. The Kier molecular flexibility index (Phi) is 3.16. The topological polar surface area (TPSA) is 72.2 Å². The lowest BCUT2D eigenvalue weighted by atomic mass is 9.68. The Morgan fingerprint density at radius 2 is 1.81 bits per heavy atom. The van der Waals surface area contributed by atoms with E-state index in [1.165, 1.54) is 19.3 Å². The van der Waals surface area contributed by atoms with Crippen LogP contribution in [0.3, 0.4) is 0 Å². The number of hydrogen-bond donors (Lipinski definition) is 2. The zero-order valence-electron chi connectivity index (χ0n) is 12.9. The lowest BCUT2D eigenvalue weighted by Gasteiger charge is -2.43. The Hall–Kier alpha value is -1.07. The van der Waals surface area contributed by atoms with Gasteiger partial charge in [-0.05, 0) is 60.3 Å². The molecular formula is C16H24N2O2S. The highest BCUT2D eigenvalue weighted by atomic mass is 32.2. The monoisotopic (exact) mass is 308 g/mol. The molecule has 2 saturated carbocycles. The normalized spacial score (nSPS) is 34.1. The maximum absolute atomic E-state index is 11.3. The van der Waals surface area contributed by atoms with Crippen molar-refractivity contribution in [2.24, 2.45) is 21.9 Å². The van der Waals surface area contributed by atoms with Gasteiger partial charge in [-0.25, -0.2) is 13.6 Å². The Balaban J connectivity index is 1.84. The van der Waals surface area contributed by atoms with Gasteiger partial charge in [-0.1, -0.05) is 20.8 Å². The smallest absolute Gasteiger partial charge is 0.238 e. The van der Waals surface area contributed by atoms with Gasteiger partial charge in [-0.15, -0.1) is 0 Å². The molecule has 3 rings (SSSR count). The van der Waals surface area contributed by atoms with Crippen LogP contribution < -0.4 is 10.5 Å². The second-order valence-electron chi connectivity index (χ2n) is 7.56. The molecule has 1 aromatic carbocycles. The zero-order chi connectivity index (χ0) is 15.5. The van der Waals surface area contributed by atoms with E-state index in [4.69, 9.17) is 5.14 Å². The average Bonchev–Trinajstić information content (AvgIpc) is 2.85. The van der Waals surface area contributed by atoms with Crippen molar-refractivity contribution in [3.63, 3.8) is 0 Å². The van der Waals surface area contributed by atoms with Crippen molar-refractivity contribution in [3.05, 3.63) is 24.3 Å². The van der Waals surface area contributed by atoms with Gasteiger partial charge in [0.1, 0.15) is 0 Å². The molecule has 116 valence electrons. The molecule has 0 heterocycles. The molecule has 3 atom stereocenters. The summed E-state index contributed by atoms with van der Waals surface area (Å²) in [7, 11) is -3.62. The number of benzene rings is 1. The summed E-state index contributed by atoms with van der Waals surface area (Å²) >= 11 is 0. The maximum atomic E-state index is 11.3. The molecule has 2 bridgehead atoms. The summed E-state index contributed by atoms with van der Waals surface area (Å²) in [6.45, 7) is 7.06. The third-order valence-electron chi connectivity index (χ3n) is 5.76. The van der Waals surface area contributed by atoms with Crippen LogP contribution in [0.2, 0.25) is 0 Å². The third-order valence-corrected chi connectivity index (χ3v) is 6.69. The molecule has 2 aliphatic carbocycles. The molecular weight excluding hydrogens is 284 g/mol. The number of sulfonamides is 1. The third kappa shape index (κ3) is 2.36. The number of nitrogens with two attached hydrogens (primary N) is 1. The van der Waals surface area contributed by atoms with Crippen molar-refractivity contribution < 1.29 is 8.42 Å². The van der Waals surface area contributed by atoms with Gasteiger partial charge in [0.05, 0.1) is 4.90 Å². The molecule has 0 amide bonds. The Labute approximate surface area is 127 Å². The van der Waals surface area contributed by atoms with Crippen molar-refractivity contribution in [1.29, 1.82) is 0 Å². The van der Waals surface area contributed by atoms with Crippen molar-refractivity contribution >= 4 is 15.7 Å². The van der Waals surface area contributed by atoms with Crippen LogP contribution >= 0.6 is 0 Å². The molecule has 3 unspecified atom stereocenters. The SMILES string of the molecule is CC12CCC(C1)C(C)(C)C2Nc1ccc(S(N)(=O)=O)cc1. The van der Waals surface area contributed by atoms with Crippen LogP contribution in [0.15, 0.2) is 29.2 Å². The molecule has 2 aliphatic rings. The summed E-state index contributed by atoms with van der Waals surface area (Å²) in [6.07, 6.45) is 3.88. The maximum Gasteiger partial charge on any atom is 0.238 e. The first-order valence-electron chi connectivity index (χ1n) is 7.52. The van der Waals surface area contributed by atoms with Gasteiger partial charge in [0.25, 0.3) is 0 Å². The fourth-order valence-electron chi connectivity index (χ4n) is 4.57. The summed E-state index contributed by atoms with van der Waals surface area (Å²) in [6, 6.07) is 7.18. The number of rotatable bonds is 3. The van der Waals surface area contributed by atoms with Crippen molar-refractivity contribution in [2.45, 2.75) is 51.0 Å². The van der Waals surface area contributed by atoms with Gasteiger partial charge in [-0.2, -0.15) is 0 Å². The molecule has 0 spiro atoms.